The van der Waals surface area contributed by atoms with Crippen LogP contribution in [-0.4, -0.2) is 24.9 Å². The number of aliphatic carboxylic acids is 2. The van der Waals surface area contributed by atoms with Gasteiger partial charge in [0.2, 0.25) is 0 Å². The van der Waals surface area contributed by atoms with Crippen molar-refractivity contribution in [3.63, 3.8) is 0 Å². The van der Waals surface area contributed by atoms with E-state index < -0.39 is 44.7 Å². The van der Waals surface area contributed by atoms with E-state index in [-0.39, 0.29) is 0 Å². The standard InChI is InChI=1S/C14H18O7S/c1-3-11(12(14(17)18)8(2)13(15)16)9-4-6-10(7-5-9)22(19,20)21/h4-8,11-12H,3H2,1-2H3,(H,15,16)(H,17,18)(H,19,20,21)/p-3. The highest BCUT2D eigenvalue weighted by Crippen LogP contribution is 2.33. The van der Waals surface area contributed by atoms with Gasteiger partial charge in [-0.1, -0.05) is 26.0 Å². The second-order valence-corrected chi connectivity index (χ2v) is 6.37. The summed E-state index contributed by atoms with van der Waals surface area (Å²) in [4.78, 5) is 21.8. The molecule has 0 aromatic heterocycles. The zero-order valence-corrected chi connectivity index (χ0v) is 12.8. The Balaban J connectivity index is 3.23. The SMILES string of the molecule is CCC(c1ccc(S(=O)(=O)[O-])cc1)C(C(=O)[O-])C(C)C(=O)[O-]. The van der Waals surface area contributed by atoms with Gasteiger partial charge in [0.25, 0.3) is 0 Å². The second-order valence-electron chi connectivity index (χ2n) is 4.99. The van der Waals surface area contributed by atoms with E-state index in [1.807, 2.05) is 0 Å². The number of carboxylic acids is 2. The molecule has 122 valence electrons. The van der Waals surface area contributed by atoms with Crippen LogP contribution in [0.1, 0.15) is 31.7 Å². The van der Waals surface area contributed by atoms with Crippen LogP contribution in [0.15, 0.2) is 29.2 Å². The largest absolute Gasteiger partial charge is 0.744 e. The van der Waals surface area contributed by atoms with Gasteiger partial charge < -0.3 is 24.4 Å². The Labute approximate surface area is 128 Å². The zero-order valence-electron chi connectivity index (χ0n) is 12.0. The first kappa shape index (κ1) is 18.1. The molecule has 1 aromatic carbocycles. The van der Waals surface area contributed by atoms with Gasteiger partial charge in [-0.2, -0.15) is 0 Å². The van der Waals surface area contributed by atoms with Crippen molar-refractivity contribution in [3.8, 4) is 0 Å². The van der Waals surface area contributed by atoms with Gasteiger partial charge in [0.1, 0.15) is 10.1 Å². The van der Waals surface area contributed by atoms with Crippen LogP contribution in [-0.2, 0) is 19.7 Å². The van der Waals surface area contributed by atoms with Crippen molar-refractivity contribution in [1.82, 2.24) is 0 Å². The van der Waals surface area contributed by atoms with E-state index in [0.717, 1.165) is 12.1 Å². The lowest BCUT2D eigenvalue weighted by Crippen LogP contribution is -2.45. The summed E-state index contributed by atoms with van der Waals surface area (Å²) in [7, 11) is -4.60. The molecule has 0 aliphatic carbocycles. The Hall–Kier alpha value is -1.93. The molecule has 0 amide bonds. The van der Waals surface area contributed by atoms with Crippen LogP contribution in [0.5, 0.6) is 0 Å². The van der Waals surface area contributed by atoms with Crippen LogP contribution < -0.4 is 10.2 Å². The van der Waals surface area contributed by atoms with E-state index in [2.05, 4.69) is 0 Å². The molecular formula is C14H15O7S-3. The molecule has 0 radical (unpaired) electrons. The maximum Gasteiger partial charge on any atom is 0.124 e. The number of hydrogen-bond acceptors (Lipinski definition) is 7. The monoisotopic (exact) mass is 327 g/mol. The first-order valence-corrected chi connectivity index (χ1v) is 7.98. The molecule has 22 heavy (non-hydrogen) atoms. The van der Waals surface area contributed by atoms with Crippen LogP contribution in [0.25, 0.3) is 0 Å². The van der Waals surface area contributed by atoms with Crippen molar-refractivity contribution in [2.75, 3.05) is 0 Å². The fourth-order valence-corrected chi connectivity index (χ4v) is 2.91. The molecule has 3 atom stereocenters. The summed E-state index contributed by atoms with van der Waals surface area (Å²) in [6, 6.07) is 4.74. The number of carbonyl (C=O) groups is 2. The van der Waals surface area contributed by atoms with Gasteiger partial charge in [0.05, 0.1) is 4.90 Å². The van der Waals surface area contributed by atoms with Gasteiger partial charge in [0, 0.05) is 23.8 Å². The molecule has 0 saturated carbocycles. The molecule has 7 nitrogen and oxygen atoms in total. The second kappa shape index (κ2) is 6.89. The highest BCUT2D eigenvalue weighted by Gasteiger charge is 2.29. The van der Waals surface area contributed by atoms with Crippen molar-refractivity contribution >= 4 is 22.1 Å². The highest BCUT2D eigenvalue weighted by molar-refractivity contribution is 7.85. The normalized spacial score (nSPS) is 15.8. The van der Waals surface area contributed by atoms with E-state index in [9.17, 15) is 32.8 Å². The topological polar surface area (TPSA) is 137 Å². The third kappa shape index (κ3) is 4.05. The molecule has 0 heterocycles. The molecule has 0 aliphatic heterocycles. The number of carboxylic acid groups (broad SMARTS) is 2. The molecule has 0 bridgehead atoms. The van der Waals surface area contributed by atoms with Crippen LogP contribution >= 0.6 is 0 Å². The molecule has 0 aliphatic rings. The average molecular weight is 327 g/mol. The van der Waals surface area contributed by atoms with Crippen LogP contribution in [0.2, 0.25) is 0 Å². The van der Waals surface area contributed by atoms with E-state index in [1.165, 1.54) is 19.1 Å². The van der Waals surface area contributed by atoms with Gasteiger partial charge in [-0.15, -0.1) is 0 Å². The summed E-state index contributed by atoms with van der Waals surface area (Å²) >= 11 is 0. The molecule has 0 spiro atoms. The lowest BCUT2D eigenvalue weighted by molar-refractivity contribution is -0.327. The van der Waals surface area contributed by atoms with E-state index in [1.54, 1.807) is 6.92 Å². The molecule has 0 N–H and O–H groups in total. The van der Waals surface area contributed by atoms with Crippen LogP contribution in [0.4, 0.5) is 0 Å². The summed E-state index contributed by atoms with van der Waals surface area (Å²) in [6.45, 7) is 2.88. The van der Waals surface area contributed by atoms with E-state index in [4.69, 9.17) is 0 Å². The minimum absolute atomic E-state index is 0.291. The molecule has 8 heteroatoms. The van der Waals surface area contributed by atoms with Gasteiger partial charge >= 0.3 is 0 Å². The van der Waals surface area contributed by atoms with Crippen molar-refractivity contribution in [2.45, 2.75) is 31.1 Å². The smallest absolute Gasteiger partial charge is 0.124 e. The van der Waals surface area contributed by atoms with Gasteiger partial charge in [-0.05, 0) is 30.0 Å². The Morgan fingerprint density at radius 2 is 1.59 bits per heavy atom. The lowest BCUT2D eigenvalue weighted by atomic mass is 9.77. The maximum atomic E-state index is 11.3. The Morgan fingerprint density at radius 3 is 1.91 bits per heavy atom. The first-order valence-electron chi connectivity index (χ1n) is 6.57. The summed E-state index contributed by atoms with van der Waals surface area (Å²) in [5.74, 6) is -6.35. The molecule has 0 saturated heterocycles. The fraction of sp³-hybridized carbons (Fsp3) is 0.429. The molecule has 0 fully saturated rings. The highest BCUT2D eigenvalue weighted by atomic mass is 32.2. The summed E-state index contributed by atoms with van der Waals surface area (Å²) < 4.78 is 32.6. The average Bonchev–Trinajstić information content (AvgIpc) is 2.42. The summed E-state index contributed by atoms with van der Waals surface area (Å²) in [5.41, 5.74) is 0.414. The number of rotatable bonds is 7. The fourth-order valence-electron chi connectivity index (χ4n) is 2.44. The van der Waals surface area contributed by atoms with Crippen LogP contribution in [0, 0.1) is 11.8 Å². The van der Waals surface area contributed by atoms with E-state index >= 15 is 0 Å². The molecular weight excluding hydrogens is 312 g/mol. The predicted molar refractivity (Wildman–Crippen MR) is 70.1 cm³/mol. The Morgan fingerprint density at radius 1 is 1.09 bits per heavy atom. The molecule has 1 rings (SSSR count). The summed E-state index contributed by atoms with van der Waals surface area (Å²) in [6.07, 6.45) is 0.291. The van der Waals surface area contributed by atoms with Crippen molar-refractivity contribution in [3.05, 3.63) is 29.8 Å². The minimum Gasteiger partial charge on any atom is -0.744 e. The zero-order chi connectivity index (χ0) is 17.1. The predicted octanol–water partition coefficient (Wildman–Crippen LogP) is -1.16. The molecule has 1 aromatic rings. The third-order valence-corrected chi connectivity index (χ3v) is 4.50. The number of benzene rings is 1. The van der Waals surface area contributed by atoms with Gasteiger partial charge in [-0.3, -0.25) is 0 Å². The van der Waals surface area contributed by atoms with Crippen molar-refractivity contribution in [1.29, 1.82) is 0 Å². The van der Waals surface area contributed by atoms with Gasteiger partial charge in [0.15, 0.2) is 0 Å². The van der Waals surface area contributed by atoms with Crippen LogP contribution in [0.3, 0.4) is 0 Å². The molecule has 3 unspecified atom stereocenters. The van der Waals surface area contributed by atoms with Crippen molar-refractivity contribution < 1.29 is 32.8 Å². The minimum atomic E-state index is -4.60. The number of carbonyl (C=O) groups excluding carboxylic acids is 2. The van der Waals surface area contributed by atoms with Gasteiger partial charge in [-0.25, -0.2) is 8.42 Å². The van der Waals surface area contributed by atoms with E-state index in [0.29, 0.717) is 12.0 Å². The third-order valence-electron chi connectivity index (χ3n) is 3.65. The Kier molecular flexibility index (Phi) is 5.67. The summed E-state index contributed by atoms with van der Waals surface area (Å²) in [5, 5.41) is 22.3. The van der Waals surface area contributed by atoms with Crippen molar-refractivity contribution in [2.24, 2.45) is 11.8 Å². The number of hydrogen-bond donors (Lipinski definition) is 0. The quantitative estimate of drug-likeness (QED) is 0.575. The maximum absolute atomic E-state index is 11.3. The first-order chi connectivity index (χ1) is 10.1. The lowest BCUT2D eigenvalue weighted by Gasteiger charge is -2.33. The Bertz CT molecular complexity index is 648.